The summed E-state index contributed by atoms with van der Waals surface area (Å²) in [6, 6.07) is 24.4. The van der Waals surface area contributed by atoms with Crippen molar-refractivity contribution in [3.8, 4) is 17.0 Å². The summed E-state index contributed by atoms with van der Waals surface area (Å²) >= 11 is 1.69. The van der Waals surface area contributed by atoms with Crippen LogP contribution in [0.3, 0.4) is 0 Å². The van der Waals surface area contributed by atoms with Crippen LogP contribution in [0.5, 0.6) is 5.75 Å². The van der Waals surface area contributed by atoms with Gasteiger partial charge in [-0.15, -0.1) is 0 Å². The van der Waals surface area contributed by atoms with E-state index in [1.54, 1.807) is 18.4 Å². The predicted octanol–water partition coefficient (Wildman–Crippen LogP) is 5.49. The number of rotatable bonds is 5. The normalized spacial score (nSPS) is 14.6. The average Bonchev–Trinajstić information content (AvgIpc) is 3.45. The number of methoxy groups -OCH3 is 1. The van der Waals surface area contributed by atoms with Crippen molar-refractivity contribution in [2.24, 2.45) is 0 Å². The number of nitrogens with zero attached hydrogens (tertiary/aromatic N) is 4. The zero-order chi connectivity index (χ0) is 24.6. The van der Waals surface area contributed by atoms with Crippen molar-refractivity contribution in [3.05, 3.63) is 89.6 Å². The minimum Gasteiger partial charge on any atom is -0.497 e. The molecule has 6 rings (SSSR count). The summed E-state index contributed by atoms with van der Waals surface area (Å²) in [6.07, 6.45) is 0. The highest BCUT2D eigenvalue weighted by Crippen LogP contribution is 2.35. The van der Waals surface area contributed by atoms with Gasteiger partial charge < -0.3 is 9.64 Å². The lowest BCUT2D eigenvalue weighted by molar-refractivity contribution is 0.0627. The van der Waals surface area contributed by atoms with E-state index in [0.29, 0.717) is 0 Å². The molecule has 0 radical (unpaired) electrons. The van der Waals surface area contributed by atoms with E-state index in [0.717, 1.165) is 70.5 Å². The van der Waals surface area contributed by atoms with E-state index in [1.165, 1.54) is 11.3 Å². The van der Waals surface area contributed by atoms with Crippen LogP contribution in [0.1, 0.15) is 21.6 Å². The molecule has 6 nitrogen and oxygen atoms in total. The highest BCUT2D eigenvalue weighted by atomic mass is 32.1. The first-order valence-electron chi connectivity index (χ1n) is 12.2. The molecule has 1 amide bonds. The van der Waals surface area contributed by atoms with Crippen molar-refractivity contribution in [2.75, 3.05) is 33.3 Å². The molecule has 0 atom stereocenters. The number of carbonyl (C=O) groups is 1. The number of piperazine rings is 1. The lowest BCUT2D eigenvalue weighted by Crippen LogP contribution is -2.48. The monoisotopic (exact) mass is 496 g/mol. The fraction of sp³-hybridized carbons (Fsp3) is 0.241. The maximum atomic E-state index is 12.9. The van der Waals surface area contributed by atoms with E-state index in [9.17, 15) is 4.79 Å². The third-order valence-electron chi connectivity index (χ3n) is 6.93. The Morgan fingerprint density at radius 3 is 2.44 bits per heavy atom. The largest absolute Gasteiger partial charge is 0.497 e. The Labute approximate surface area is 214 Å². The van der Waals surface area contributed by atoms with E-state index >= 15 is 0 Å². The average molecular weight is 497 g/mol. The number of carbonyl (C=O) groups excluding carboxylic acids is 1. The van der Waals surface area contributed by atoms with Crippen molar-refractivity contribution < 1.29 is 9.53 Å². The number of hydrogen-bond donors (Lipinski definition) is 0. The molecule has 7 heteroatoms. The molecule has 1 aliphatic rings. The smallest absolute Gasteiger partial charge is 0.253 e. The number of aryl methyl sites for hydroxylation is 1. The van der Waals surface area contributed by atoms with Gasteiger partial charge >= 0.3 is 0 Å². The SMILES string of the molecule is COc1ccc2c(c1)sc1nc(-c3ccc(C)cc3)c(CN3CCN(C(=O)c4ccccc4)CC3)n12. The highest BCUT2D eigenvalue weighted by Gasteiger charge is 2.25. The first-order valence-corrected chi connectivity index (χ1v) is 13.0. The number of imidazole rings is 1. The predicted molar refractivity (Wildman–Crippen MR) is 145 cm³/mol. The molecule has 1 aliphatic heterocycles. The Bertz CT molecular complexity index is 1530. The lowest BCUT2D eigenvalue weighted by Gasteiger charge is -2.34. The van der Waals surface area contributed by atoms with Gasteiger partial charge in [0.25, 0.3) is 5.91 Å². The van der Waals surface area contributed by atoms with Crippen LogP contribution < -0.4 is 4.74 Å². The third kappa shape index (κ3) is 4.14. The number of aromatic nitrogens is 2. The molecular weight excluding hydrogens is 468 g/mol. The standard InChI is InChI=1S/C29H28N4O2S/c1-20-8-10-21(11-9-20)27-25(33-24-13-12-23(35-2)18-26(24)36-29(33)30-27)19-31-14-16-32(17-15-31)28(34)22-6-4-3-5-7-22/h3-13,18H,14-17,19H2,1-2H3. The summed E-state index contributed by atoms with van der Waals surface area (Å²) in [5.41, 5.74) is 6.49. The van der Waals surface area contributed by atoms with Crippen LogP contribution in [0.2, 0.25) is 0 Å². The molecule has 182 valence electrons. The first-order chi connectivity index (χ1) is 17.6. The van der Waals surface area contributed by atoms with Gasteiger partial charge in [-0.25, -0.2) is 4.98 Å². The second-order valence-corrected chi connectivity index (χ2v) is 10.3. The molecule has 0 N–H and O–H groups in total. The molecule has 3 heterocycles. The topological polar surface area (TPSA) is 50.1 Å². The van der Waals surface area contributed by atoms with Crippen molar-refractivity contribution in [2.45, 2.75) is 13.5 Å². The molecule has 0 aliphatic carbocycles. The molecule has 5 aromatic rings. The molecule has 0 spiro atoms. The van der Waals surface area contributed by atoms with Gasteiger partial charge in [-0.1, -0.05) is 59.4 Å². The van der Waals surface area contributed by atoms with Crippen LogP contribution in [0.4, 0.5) is 0 Å². The maximum absolute atomic E-state index is 12.9. The number of fused-ring (bicyclic) bond motifs is 3. The van der Waals surface area contributed by atoms with Gasteiger partial charge in [-0.2, -0.15) is 0 Å². The molecule has 0 unspecified atom stereocenters. The lowest BCUT2D eigenvalue weighted by atomic mass is 10.1. The second-order valence-electron chi connectivity index (χ2n) is 9.26. The quantitative estimate of drug-likeness (QED) is 0.323. The fourth-order valence-electron chi connectivity index (χ4n) is 4.91. The summed E-state index contributed by atoms with van der Waals surface area (Å²) in [7, 11) is 1.70. The Morgan fingerprint density at radius 1 is 0.972 bits per heavy atom. The van der Waals surface area contributed by atoms with Crippen LogP contribution in [0.15, 0.2) is 72.8 Å². The van der Waals surface area contributed by atoms with Crippen molar-refractivity contribution in [1.82, 2.24) is 19.2 Å². The number of hydrogen-bond acceptors (Lipinski definition) is 5. The van der Waals surface area contributed by atoms with Crippen molar-refractivity contribution >= 4 is 32.4 Å². The molecule has 36 heavy (non-hydrogen) atoms. The summed E-state index contributed by atoms with van der Waals surface area (Å²) in [5, 5.41) is 0. The number of amides is 1. The fourth-order valence-corrected chi connectivity index (χ4v) is 5.98. The zero-order valence-corrected chi connectivity index (χ0v) is 21.3. The first kappa shape index (κ1) is 22.8. The molecule has 3 aromatic carbocycles. The van der Waals surface area contributed by atoms with Crippen LogP contribution in [0, 0.1) is 6.92 Å². The van der Waals surface area contributed by atoms with Crippen LogP contribution in [-0.4, -0.2) is 58.4 Å². The van der Waals surface area contributed by atoms with Gasteiger partial charge in [0, 0.05) is 43.9 Å². The van der Waals surface area contributed by atoms with E-state index in [4.69, 9.17) is 9.72 Å². The molecule has 1 fully saturated rings. The summed E-state index contributed by atoms with van der Waals surface area (Å²) in [5.74, 6) is 0.964. The Morgan fingerprint density at radius 2 is 1.72 bits per heavy atom. The van der Waals surface area contributed by atoms with Crippen molar-refractivity contribution in [3.63, 3.8) is 0 Å². The van der Waals surface area contributed by atoms with E-state index < -0.39 is 0 Å². The number of ether oxygens (including phenoxy) is 1. The van der Waals surface area contributed by atoms with Gasteiger partial charge in [0.15, 0.2) is 4.96 Å². The van der Waals surface area contributed by atoms with Gasteiger partial charge in [0.2, 0.25) is 0 Å². The Hall–Kier alpha value is -3.68. The number of benzene rings is 3. The zero-order valence-electron chi connectivity index (χ0n) is 20.5. The molecule has 2 aromatic heterocycles. The summed E-state index contributed by atoms with van der Waals surface area (Å²) in [6.45, 7) is 5.97. The van der Waals surface area contributed by atoms with Crippen LogP contribution >= 0.6 is 11.3 Å². The third-order valence-corrected chi connectivity index (χ3v) is 7.93. The minimum absolute atomic E-state index is 0.111. The molecule has 0 bridgehead atoms. The van der Waals surface area contributed by atoms with E-state index in [1.807, 2.05) is 41.3 Å². The highest BCUT2D eigenvalue weighted by molar-refractivity contribution is 7.23. The maximum Gasteiger partial charge on any atom is 0.253 e. The summed E-state index contributed by atoms with van der Waals surface area (Å²) in [4.78, 5) is 23.4. The number of thiazole rings is 1. The van der Waals surface area contributed by atoms with Gasteiger partial charge in [0.05, 0.1) is 28.7 Å². The minimum atomic E-state index is 0.111. The van der Waals surface area contributed by atoms with Crippen LogP contribution in [0.25, 0.3) is 26.4 Å². The van der Waals surface area contributed by atoms with Crippen molar-refractivity contribution in [1.29, 1.82) is 0 Å². The second kappa shape index (κ2) is 9.41. The van der Waals surface area contributed by atoms with Gasteiger partial charge in [-0.3, -0.25) is 14.1 Å². The molecule has 0 saturated carbocycles. The Kier molecular flexibility index (Phi) is 5.95. The molecule has 1 saturated heterocycles. The van der Waals surface area contributed by atoms with Gasteiger partial charge in [0.1, 0.15) is 5.75 Å². The Balaban J connectivity index is 1.32. The van der Waals surface area contributed by atoms with E-state index in [2.05, 4.69) is 52.6 Å². The molecular formula is C29H28N4O2S. The van der Waals surface area contributed by atoms with Gasteiger partial charge in [-0.05, 0) is 37.3 Å². The van der Waals surface area contributed by atoms with E-state index in [-0.39, 0.29) is 5.91 Å². The van der Waals surface area contributed by atoms with Crippen LogP contribution in [-0.2, 0) is 6.54 Å². The summed E-state index contributed by atoms with van der Waals surface area (Å²) < 4.78 is 8.91.